The summed E-state index contributed by atoms with van der Waals surface area (Å²) in [5.41, 5.74) is -0.362. The zero-order valence-electron chi connectivity index (χ0n) is 14.0. The minimum atomic E-state index is -0.362. The summed E-state index contributed by atoms with van der Waals surface area (Å²) in [7, 11) is 2.27. The van der Waals surface area contributed by atoms with Crippen LogP contribution in [0, 0.1) is 11.8 Å². The largest absolute Gasteiger partial charge is 0.353 e. The first-order valence-electron chi connectivity index (χ1n) is 8.55. The molecule has 0 aromatic heterocycles. The molecule has 2 aliphatic rings. The molecule has 2 N–H and O–H groups in total. The van der Waals surface area contributed by atoms with E-state index in [9.17, 15) is 0 Å². The van der Waals surface area contributed by atoms with Crippen LogP contribution < -0.4 is 9.80 Å². The van der Waals surface area contributed by atoms with Gasteiger partial charge in [0.1, 0.15) is 38.3 Å². The van der Waals surface area contributed by atoms with Gasteiger partial charge in [-0.2, -0.15) is 0 Å². The van der Waals surface area contributed by atoms with Crippen molar-refractivity contribution in [1.82, 2.24) is 0 Å². The van der Waals surface area contributed by atoms with Crippen molar-refractivity contribution in [1.29, 1.82) is 0 Å². The van der Waals surface area contributed by atoms with Gasteiger partial charge in [-0.3, -0.25) is 0 Å². The second-order valence-corrected chi connectivity index (χ2v) is 6.68. The first-order chi connectivity index (χ1) is 10.1. The number of ether oxygens (including phenoxy) is 2. The summed E-state index contributed by atoms with van der Waals surface area (Å²) in [6, 6.07) is 0. The van der Waals surface area contributed by atoms with Crippen LogP contribution in [0.15, 0.2) is 0 Å². The Balaban J connectivity index is 1.81. The maximum atomic E-state index is 6.13. The predicted molar refractivity (Wildman–Crippen MR) is 83.3 cm³/mol. The van der Waals surface area contributed by atoms with Crippen LogP contribution in [0.3, 0.4) is 0 Å². The molecule has 0 amide bonds. The minimum absolute atomic E-state index is 0.0578. The zero-order chi connectivity index (χ0) is 15.1. The summed E-state index contributed by atoms with van der Waals surface area (Å²) in [6.07, 6.45) is 4.21. The number of rotatable bonds is 4. The van der Waals surface area contributed by atoms with Crippen molar-refractivity contribution in [3.8, 4) is 11.8 Å². The molecular formula is C17H32N2O2+2. The third-order valence-corrected chi connectivity index (χ3v) is 4.71. The van der Waals surface area contributed by atoms with E-state index in [2.05, 4.69) is 32.7 Å². The van der Waals surface area contributed by atoms with Crippen LogP contribution in [0.4, 0.5) is 0 Å². The van der Waals surface area contributed by atoms with E-state index in [4.69, 9.17) is 9.47 Å². The van der Waals surface area contributed by atoms with Gasteiger partial charge in [-0.25, -0.2) is 0 Å². The molecule has 2 aliphatic heterocycles. The summed E-state index contributed by atoms with van der Waals surface area (Å²) >= 11 is 0. The van der Waals surface area contributed by atoms with Crippen molar-refractivity contribution in [2.75, 3.05) is 46.4 Å². The van der Waals surface area contributed by atoms with E-state index in [1.54, 1.807) is 9.80 Å². The quantitative estimate of drug-likeness (QED) is 0.659. The van der Waals surface area contributed by atoms with Crippen LogP contribution in [0.5, 0.6) is 0 Å². The molecule has 2 fully saturated rings. The summed E-state index contributed by atoms with van der Waals surface area (Å²) in [5, 5.41) is 0. The number of piperazine rings is 1. The maximum absolute atomic E-state index is 6.13. The molecule has 4 heteroatoms. The van der Waals surface area contributed by atoms with Crippen LogP contribution in [0.1, 0.15) is 39.5 Å². The Bertz CT molecular complexity index is 363. The van der Waals surface area contributed by atoms with Gasteiger partial charge in [-0.1, -0.05) is 12.8 Å². The third-order valence-electron chi connectivity index (χ3n) is 4.71. The smallest absolute Gasteiger partial charge is 0.159 e. The van der Waals surface area contributed by atoms with E-state index in [1.807, 2.05) is 0 Å². The fraction of sp³-hybridized carbons (Fsp3) is 0.882. The van der Waals surface area contributed by atoms with Crippen molar-refractivity contribution in [2.45, 2.75) is 51.4 Å². The first kappa shape index (κ1) is 16.8. The monoisotopic (exact) mass is 296 g/mol. The van der Waals surface area contributed by atoms with Gasteiger partial charge in [0.15, 0.2) is 6.29 Å². The summed E-state index contributed by atoms with van der Waals surface area (Å²) in [4.78, 5) is 3.25. The number of quaternary nitrogens is 2. The highest BCUT2D eigenvalue weighted by molar-refractivity contribution is 5.12. The van der Waals surface area contributed by atoms with Gasteiger partial charge in [0, 0.05) is 6.61 Å². The van der Waals surface area contributed by atoms with Crippen LogP contribution in [0.25, 0.3) is 0 Å². The molecule has 2 rings (SSSR count). The van der Waals surface area contributed by atoms with Gasteiger partial charge in [0.2, 0.25) is 0 Å². The predicted octanol–water partition coefficient (Wildman–Crippen LogP) is -0.885. The lowest BCUT2D eigenvalue weighted by Crippen LogP contribution is -3.26. The van der Waals surface area contributed by atoms with Crippen molar-refractivity contribution < 1.29 is 19.3 Å². The summed E-state index contributed by atoms with van der Waals surface area (Å²) in [5.74, 6) is 6.75. The van der Waals surface area contributed by atoms with E-state index in [-0.39, 0.29) is 11.9 Å². The lowest BCUT2D eigenvalue weighted by Gasteiger charge is -2.31. The number of hydrogen-bond donors (Lipinski definition) is 2. The number of nitrogens with one attached hydrogen (secondary N) is 2. The summed E-state index contributed by atoms with van der Waals surface area (Å²) in [6.45, 7) is 11.0. The average molecular weight is 296 g/mol. The normalized spacial score (nSPS) is 32.8. The highest BCUT2D eigenvalue weighted by Gasteiger charge is 2.27. The van der Waals surface area contributed by atoms with E-state index < -0.39 is 0 Å². The van der Waals surface area contributed by atoms with Gasteiger partial charge >= 0.3 is 0 Å². The SMILES string of the molecule is CC[C@](C)(C#CC[NH+]1CC[NH+](C)CC1)O[C@H]1CCCCO1. The molecule has 2 heterocycles. The maximum Gasteiger partial charge on any atom is 0.159 e. The molecular weight excluding hydrogens is 264 g/mol. The van der Waals surface area contributed by atoms with Crippen molar-refractivity contribution in [3.63, 3.8) is 0 Å². The molecule has 2 atom stereocenters. The second-order valence-electron chi connectivity index (χ2n) is 6.68. The van der Waals surface area contributed by atoms with Gasteiger partial charge in [-0.15, -0.1) is 0 Å². The fourth-order valence-electron chi connectivity index (χ4n) is 2.86. The van der Waals surface area contributed by atoms with Gasteiger partial charge in [-0.05, 0) is 38.5 Å². The van der Waals surface area contributed by atoms with Crippen molar-refractivity contribution in [2.24, 2.45) is 0 Å². The molecule has 0 bridgehead atoms. The average Bonchev–Trinajstić information content (AvgIpc) is 2.50. The van der Waals surface area contributed by atoms with E-state index >= 15 is 0 Å². The number of likely N-dealkylation sites (N-methyl/N-ethyl adjacent to an activating group) is 1. The molecule has 120 valence electrons. The Morgan fingerprint density at radius 3 is 2.62 bits per heavy atom. The Kier molecular flexibility index (Phi) is 6.50. The lowest BCUT2D eigenvalue weighted by molar-refractivity contribution is -1.000. The highest BCUT2D eigenvalue weighted by atomic mass is 16.7. The van der Waals surface area contributed by atoms with Gasteiger partial charge in [0.25, 0.3) is 0 Å². The molecule has 0 unspecified atom stereocenters. The van der Waals surface area contributed by atoms with Gasteiger partial charge < -0.3 is 19.3 Å². The van der Waals surface area contributed by atoms with Crippen LogP contribution in [-0.2, 0) is 9.47 Å². The topological polar surface area (TPSA) is 27.3 Å². The minimum Gasteiger partial charge on any atom is -0.353 e. The standard InChI is InChI=1S/C17H30N2O2/c1-4-17(2,21-16-8-5-6-15-20-16)9-7-10-19-13-11-18(3)12-14-19/h16H,4-6,8,10-15H2,1-3H3/p+2/t16-,17+/m0/s1. The molecule has 2 saturated heterocycles. The molecule has 0 aromatic rings. The van der Waals surface area contributed by atoms with Gasteiger partial charge in [0.05, 0.1) is 7.05 Å². The van der Waals surface area contributed by atoms with Crippen LogP contribution >= 0.6 is 0 Å². The zero-order valence-corrected chi connectivity index (χ0v) is 14.0. The molecule has 0 radical (unpaired) electrons. The molecule has 4 nitrogen and oxygen atoms in total. The molecule has 0 aromatic carbocycles. The Morgan fingerprint density at radius 1 is 1.24 bits per heavy atom. The van der Waals surface area contributed by atoms with Crippen molar-refractivity contribution >= 4 is 0 Å². The van der Waals surface area contributed by atoms with E-state index in [1.165, 1.54) is 32.6 Å². The van der Waals surface area contributed by atoms with Crippen LogP contribution in [-0.4, -0.2) is 58.3 Å². The Morgan fingerprint density at radius 2 is 2.00 bits per heavy atom. The lowest BCUT2D eigenvalue weighted by atomic mass is 10.0. The van der Waals surface area contributed by atoms with Crippen molar-refractivity contribution in [3.05, 3.63) is 0 Å². The molecule has 0 aliphatic carbocycles. The second kappa shape index (κ2) is 8.14. The molecule has 0 spiro atoms. The summed E-state index contributed by atoms with van der Waals surface area (Å²) < 4.78 is 11.8. The molecule has 21 heavy (non-hydrogen) atoms. The Labute approximate surface area is 129 Å². The molecule has 0 saturated carbocycles. The van der Waals surface area contributed by atoms with E-state index in [0.717, 1.165) is 32.4 Å². The highest BCUT2D eigenvalue weighted by Crippen LogP contribution is 2.22. The number of hydrogen-bond acceptors (Lipinski definition) is 2. The Hall–Kier alpha value is -0.600. The third kappa shape index (κ3) is 5.60. The first-order valence-corrected chi connectivity index (χ1v) is 8.55. The fourth-order valence-corrected chi connectivity index (χ4v) is 2.86. The van der Waals surface area contributed by atoms with Crippen LogP contribution in [0.2, 0.25) is 0 Å². The van der Waals surface area contributed by atoms with E-state index in [0.29, 0.717) is 0 Å².